The van der Waals surface area contributed by atoms with Crippen LogP contribution in [0.3, 0.4) is 0 Å². The lowest BCUT2D eigenvalue weighted by molar-refractivity contribution is -0.128. The van der Waals surface area contributed by atoms with Crippen molar-refractivity contribution in [3.05, 3.63) is 0 Å². The van der Waals surface area contributed by atoms with E-state index in [0.717, 1.165) is 19.4 Å². The summed E-state index contributed by atoms with van der Waals surface area (Å²) in [6.07, 6.45) is 21.4. The van der Waals surface area contributed by atoms with E-state index in [-0.39, 0.29) is 0 Å². The topological polar surface area (TPSA) is 20.3 Å². The maximum Gasteiger partial charge on any atom is 0.222 e. The number of unbranched alkanes of at least 4 members (excludes halogenated alkanes) is 13. The Bertz CT molecular complexity index is 290. The maximum absolute atomic E-state index is 11.7. The molecular weight excluding hydrogens is 282 g/mol. The highest BCUT2D eigenvalue weighted by atomic mass is 16.2. The van der Waals surface area contributed by atoms with Crippen LogP contribution >= 0.6 is 0 Å². The molecule has 0 aromatic rings. The molecule has 1 rings (SSSR count). The fourth-order valence-electron chi connectivity index (χ4n) is 3.70. The summed E-state index contributed by atoms with van der Waals surface area (Å²) >= 11 is 0. The third-order valence-corrected chi connectivity index (χ3v) is 5.38. The van der Waals surface area contributed by atoms with Gasteiger partial charge in [-0.05, 0) is 19.8 Å². The standard InChI is InChI=1S/C21H41NO/c1-3-4-5-6-7-8-9-10-11-12-13-14-15-16-19-22-20(2)17-18-21(22)23/h20H,3-19H2,1-2H3. The van der Waals surface area contributed by atoms with Gasteiger partial charge in [-0.2, -0.15) is 0 Å². The van der Waals surface area contributed by atoms with E-state index in [0.29, 0.717) is 11.9 Å². The van der Waals surface area contributed by atoms with E-state index in [4.69, 9.17) is 0 Å². The van der Waals surface area contributed by atoms with Crippen LogP contribution in [0.5, 0.6) is 0 Å². The molecule has 1 saturated heterocycles. The van der Waals surface area contributed by atoms with Crippen LogP contribution in [0.2, 0.25) is 0 Å². The molecular formula is C21H41NO. The van der Waals surface area contributed by atoms with Crippen LogP contribution in [0.4, 0.5) is 0 Å². The Hall–Kier alpha value is -0.530. The average Bonchev–Trinajstić information content (AvgIpc) is 2.86. The Morgan fingerprint density at radius 1 is 0.783 bits per heavy atom. The molecule has 1 atom stereocenters. The Kier molecular flexibility index (Phi) is 12.4. The lowest BCUT2D eigenvalue weighted by Crippen LogP contribution is -2.31. The molecule has 1 fully saturated rings. The molecule has 1 heterocycles. The molecule has 0 spiro atoms. The number of rotatable bonds is 15. The first-order valence-corrected chi connectivity index (χ1v) is 10.5. The van der Waals surface area contributed by atoms with Crippen LogP contribution < -0.4 is 0 Å². The number of hydrogen-bond acceptors (Lipinski definition) is 1. The summed E-state index contributed by atoms with van der Waals surface area (Å²) in [6, 6.07) is 0.490. The molecule has 1 amide bonds. The number of carbonyl (C=O) groups excluding carboxylic acids is 1. The summed E-state index contributed by atoms with van der Waals surface area (Å²) in [5, 5.41) is 0. The van der Waals surface area contributed by atoms with E-state index in [1.807, 2.05) is 0 Å². The van der Waals surface area contributed by atoms with Gasteiger partial charge in [-0.25, -0.2) is 0 Å². The second-order valence-electron chi connectivity index (χ2n) is 7.57. The number of carbonyl (C=O) groups is 1. The number of hydrogen-bond donors (Lipinski definition) is 0. The zero-order chi connectivity index (χ0) is 16.8. The molecule has 0 bridgehead atoms. The highest BCUT2D eigenvalue weighted by molar-refractivity contribution is 5.78. The molecule has 136 valence electrons. The van der Waals surface area contributed by atoms with Crippen molar-refractivity contribution < 1.29 is 4.79 Å². The minimum absolute atomic E-state index is 0.382. The van der Waals surface area contributed by atoms with Gasteiger partial charge in [0.25, 0.3) is 0 Å². The van der Waals surface area contributed by atoms with Crippen molar-refractivity contribution in [3.8, 4) is 0 Å². The fourth-order valence-corrected chi connectivity index (χ4v) is 3.70. The van der Waals surface area contributed by atoms with Gasteiger partial charge in [-0.1, -0.05) is 90.4 Å². The van der Waals surface area contributed by atoms with Crippen LogP contribution in [0.25, 0.3) is 0 Å². The quantitative estimate of drug-likeness (QED) is 0.316. The zero-order valence-electron chi connectivity index (χ0n) is 16.0. The van der Waals surface area contributed by atoms with E-state index in [9.17, 15) is 4.79 Å². The molecule has 0 saturated carbocycles. The summed E-state index contributed by atoms with van der Waals surface area (Å²) in [7, 11) is 0. The van der Waals surface area contributed by atoms with E-state index in [2.05, 4.69) is 18.7 Å². The SMILES string of the molecule is CCCCCCCCCCCCCCCCN1C(=O)CCC1C. The Morgan fingerprint density at radius 2 is 1.22 bits per heavy atom. The van der Waals surface area contributed by atoms with Crippen molar-refractivity contribution in [2.24, 2.45) is 0 Å². The molecule has 2 nitrogen and oxygen atoms in total. The predicted molar refractivity (Wildman–Crippen MR) is 101 cm³/mol. The van der Waals surface area contributed by atoms with Gasteiger partial charge in [-0.3, -0.25) is 4.79 Å². The molecule has 0 N–H and O–H groups in total. The average molecular weight is 324 g/mol. The van der Waals surface area contributed by atoms with Crippen LogP contribution in [0.1, 0.15) is 117 Å². The highest BCUT2D eigenvalue weighted by Crippen LogP contribution is 2.19. The van der Waals surface area contributed by atoms with Gasteiger partial charge in [0, 0.05) is 19.0 Å². The van der Waals surface area contributed by atoms with Crippen molar-refractivity contribution in [1.82, 2.24) is 4.90 Å². The van der Waals surface area contributed by atoms with E-state index in [1.54, 1.807) is 0 Å². The predicted octanol–water partition coefficient (Wildman–Crippen LogP) is 6.48. The first-order chi connectivity index (χ1) is 11.3. The van der Waals surface area contributed by atoms with Crippen molar-refractivity contribution >= 4 is 5.91 Å². The maximum atomic E-state index is 11.7. The number of nitrogens with zero attached hydrogens (tertiary/aromatic N) is 1. The third kappa shape index (κ3) is 10.0. The van der Waals surface area contributed by atoms with Gasteiger partial charge in [-0.15, -0.1) is 0 Å². The van der Waals surface area contributed by atoms with Gasteiger partial charge < -0.3 is 4.90 Å². The zero-order valence-corrected chi connectivity index (χ0v) is 16.0. The summed E-state index contributed by atoms with van der Waals surface area (Å²) in [6.45, 7) is 5.47. The van der Waals surface area contributed by atoms with Crippen LogP contribution in [0.15, 0.2) is 0 Å². The first-order valence-electron chi connectivity index (χ1n) is 10.5. The molecule has 0 aromatic carbocycles. The number of likely N-dealkylation sites (tertiary alicyclic amines) is 1. The van der Waals surface area contributed by atoms with Crippen molar-refractivity contribution in [3.63, 3.8) is 0 Å². The molecule has 23 heavy (non-hydrogen) atoms. The Labute approximate surface area is 145 Å². The second kappa shape index (κ2) is 13.9. The van der Waals surface area contributed by atoms with E-state index < -0.39 is 0 Å². The first kappa shape index (κ1) is 20.5. The van der Waals surface area contributed by atoms with Crippen LogP contribution in [-0.4, -0.2) is 23.4 Å². The van der Waals surface area contributed by atoms with Crippen molar-refractivity contribution in [2.45, 2.75) is 123 Å². The number of amides is 1. The van der Waals surface area contributed by atoms with Crippen LogP contribution in [0, 0.1) is 0 Å². The normalized spacial score (nSPS) is 18.1. The highest BCUT2D eigenvalue weighted by Gasteiger charge is 2.26. The summed E-state index contributed by atoms with van der Waals surface area (Å²) in [5.41, 5.74) is 0. The molecule has 0 aromatic heterocycles. The summed E-state index contributed by atoms with van der Waals surface area (Å²) in [4.78, 5) is 13.8. The summed E-state index contributed by atoms with van der Waals surface area (Å²) in [5.74, 6) is 0.382. The van der Waals surface area contributed by atoms with E-state index >= 15 is 0 Å². The molecule has 1 aliphatic heterocycles. The monoisotopic (exact) mass is 323 g/mol. The lowest BCUT2D eigenvalue weighted by atomic mass is 10.0. The summed E-state index contributed by atoms with van der Waals surface area (Å²) < 4.78 is 0. The van der Waals surface area contributed by atoms with Gasteiger partial charge in [0.15, 0.2) is 0 Å². The van der Waals surface area contributed by atoms with Gasteiger partial charge in [0.2, 0.25) is 5.91 Å². The minimum atomic E-state index is 0.382. The Balaban J connectivity index is 1.76. The van der Waals surface area contributed by atoms with Gasteiger partial charge >= 0.3 is 0 Å². The largest absolute Gasteiger partial charge is 0.340 e. The second-order valence-corrected chi connectivity index (χ2v) is 7.57. The smallest absolute Gasteiger partial charge is 0.222 e. The van der Waals surface area contributed by atoms with Crippen molar-refractivity contribution in [1.29, 1.82) is 0 Å². The van der Waals surface area contributed by atoms with Gasteiger partial charge in [0.1, 0.15) is 0 Å². The molecule has 0 radical (unpaired) electrons. The lowest BCUT2D eigenvalue weighted by Gasteiger charge is -2.21. The third-order valence-electron chi connectivity index (χ3n) is 5.38. The van der Waals surface area contributed by atoms with E-state index in [1.165, 1.54) is 89.9 Å². The minimum Gasteiger partial charge on any atom is -0.340 e. The molecule has 0 aliphatic carbocycles. The molecule has 1 unspecified atom stereocenters. The fraction of sp³-hybridized carbons (Fsp3) is 0.952. The Morgan fingerprint density at radius 3 is 1.61 bits per heavy atom. The molecule has 2 heteroatoms. The van der Waals surface area contributed by atoms with Crippen LogP contribution in [-0.2, 0) is 4.79 Å². The van der Waals surface area contributed by atoms with Crippen molar-refractivity contribution in [2.75, 3.05) is 6.54 Å². The molecule has 1 aliphatic rings. The van der Waals surface area contributed by atoms with Gasteiger partial charge in [0.05, 0.1) is 0 Å².